The Kier molecular flexibility index (Phi) is 3.51. The number of carbonyl (C=O) groups is 1. The summed E-state index contributed by atoms with van der Waals surface area (Å²) in [4.78, 5) is 15.5. The number of hydrogen-bond acceptors (Lipinski definition) is 3. The minimum atomic E-state index is -1.18. The van der Waals surface area contributed by atoms with E-state index in [1.54, 1.807) is 31.5 Å². The zero-order valence-electron chi connectivity index (χ0n) is 10.9. The second-order valence-corrected chi connectivity index (χ2v) is 4.66. The fourth-order valence-corrected chi connectivity index (χ4v) is 1.95. The fourth-order valence-electron chi connectivity index (χ4n) is 1.95. The highest BCUT2D eigenvalue weighted by molar-refractivity contribution is 5.84. The first kappa shape index (κ1) is 13.1. The number of carboxylic acid groups (broad SMARTS) is 1. The highest BCUT2D eigenvalue weighted by Gasteiger charge is 2.35. The number of nitrogens with zero attached hydrogens (tertiary/aromatic N) is 1. The van der Waals surface area contributed by atoms with E-state index in [2.05, 4.69) is 10.3 Å². The number of pyridine rings is 1. The predicted octanol–water partition coefficient (Wildman–Crippen LogP) is 2.80. The molecule has 1 unspecified atom stereocenters. The summed E-state index contributed by atoms with van der Waals surface area (Å²) in [6.07, 6.45) is 3.18. The van der Waals surface area contributed by atoms with E-state index in [-0.39, 0.29) is 0 Å². The summed E-state index contributed by atoms with van der Waals surface area (Å²) in [5.41, 5.74) is 1.34. The van der Waals surface area contributed by atoms with Crippen molar-refractivity contribution < 1.29 is 9.90 Å². The molecule has 98 valence electrons. The Labute approximate surface area is 112 Å². The van der Waals surface area contributed by atoms with Crippen LogP contribution in [0.2, 0.25) is 0 Å². The van der Waals surface area contributed by atoms with Crippen LogP contribution in [-0.4, -0.2) is 16.1 Å². The van der Waals surface area contributed by atoms with Gasteiger partial charge in [-0.25, -0.2) is 4.79 Å². The average Bonchev–Trinajstić information content (AvgIpc) is 2.39. The number of aryl methyl sites for hydroxylation is 1. The first-order valence-corrected chi connectivity index (χ1v) is 6.01. The molecule has 4 heteroatoms. The SMILES string of the molecule is Cc1cccc(NC(C)(C(=O)O)c2ccncc2)c1. The lowest BCUT2D eigenvalue weighted by Gasteiger charge is -2.28. The monoisotopic (exact) mass is 256 g/mol. The second-order valence-electron chi connectivity index (χ2n) is 4.66. The predicted molar refractivity (Wildman–Crippen MR) is 74.0 cm³/mol. The maximum atomic E-state index is 11.6. The first-order valence-electron chi connectivity index (χ1n) is 6.01. The van der Waals surface area contributed by atoms with E-state index in [0.29, 0.717) is 5.56 Å². The van der Waals surface area contributed by atoms with Crippen LogP contribution < -0.4 is 5.32 Å². The number of aromatic nitrogens is 1. The number of nitrogens with one attached hydrogen (secondary N) is 1. The Morgan fingerprint density at radius 2 is 1.95 bits per heavy atom. The largest absolute Gasteiger partial charge is 0.479 e. The minimum Gasteiger partial charge on any atom is -0.479 e. The van der Waals surface area contributed by atoms with Gasteiger partial charge in [0.2, 0.25) is 0 Å². The summed E-state index contributed by atoms with van der Waals surface area (Å²) in [6, 6.07) is 11.0. The van der Waals surface area contributed by atoms with Gasteiger partial charge in [-0.2, -0.15) is 0 Å². The molecule has 19 heavy (non-hydrogen) atoms. The van der Waals surface area contributed by atoms with Crippen LogP contribution in [0.5, 0.6) is 0 Å². The van der Waals surface area contributed by atoms with Crippen LogP contribution in [0.1, 0.15) is 18.1 Å². The maximum Gasteiger partial charge on any atom is 0.333 e. The van der Waals surface area contributed by atoms with Crippen molar-refractivity contribution in [2.24, 2.45) is 0 Å². The van der Waals surface area contributed by atoms with Crippen LogP contribution in [0, 0.1) is 6.92 Å². The second kappa shape index (κ2) is 5.10. The van der Waals surface area contributed by atoms with Gasteiger partial charge in [-0.3, -0.25) is 4.98 Å². The van der Waals surface area contributed by atoms with E-state index in [1.165, 1.54) is 0 Å². The number of aliphatic carboxylic acids is 1. The fraction of sp³-hybridized carbons (Fsp3) is 0.200. The summed E-state index contributed by atoms with van der Waals surface area (Å²) in [5.74, 6) is -0.930. The van der Waals surface area contributed by atoms with Crippen molar-refractivity contribution in [2.45, 2.75) is 19.4 Å². The molecule has 4 nitrogen and oxygen atoms in total. The number of hydrogen-bond donors (Lipinski definition) is 2. The lowest BCUT2D eigenvalue weighted by Crippen LogP contribution is -2.40. The van der Waals surface area contributed by atoms with Crippen molar-refractivity contribution in [1.29, 1.82) is 0 Å². The summed E-state index contributed by atoms with van der Waals surface area (Å²) < 4.78 is 0. The van der Waals surface area contributed by atoms with Crippen molar-refractivity contribution in [2.75, 3.05) is 5.32 Å². The number of benzene rings is 1. The zero-order valence-corrected chi connectivity index (χ0v) is 10.9. The maximum absolute atomic E-state index is 11.6. The average molecular weight is 256 g/mol. The molecule has 0 spiro atoms. The lowest BCUT2D eigenvalue weighted by molar-refractivity contribution is -0.142. The molecule has 0 aliphatic heterocycles. The summed E-state index contributed by atoms with van der Waals surface area (Å²) in [7, 11) is 0. The quantitative estimate of drug-likeness (QED) is 0.883. The molecule has 1 aromatic heterocycles. The third-order valence-electron chi connectivity index (χ3n) is 3.10. The molecule has 2 N–H and O–H groups in total. The molecule has 0 fully saturated rings. The van der Waals surface area contributed by atoms with E-state index >= 15 is 0 Å². The zero-order chi connectivity index (χ0) is 13.9. The minimum absolute atomic E-state index is 0.663. The molecule has 0 saturated heterocycles. The van der Waals surface area contributed by atoms with E-state index < -0.39 is 11.5 Å². The molecule has 2 aromatic rings. The van der Waals surface area contributed by atoms with Crippen molar-refractivity contribution in [3.8, 4) is 0 Å². The number of rotatable bonds is 4. The Balaban J connectivity index is 2.39. The third kappa shape index (κ3) is 2.73. The Hall–Kier alpha value is -2.36. The van der Waals surface area contributed by atoms with Crippen LogP contribution in [-0.2, 0) is 10.3 Å². The number of anilines is 1. The van der Waals surface area contributed by atoms with Gasteiger partial charge < -0.3 is 10.4 Å². The summed E-state index contributed by atoms with van der Waals surface area (Å²) in [5, 5.41) is 12.6. The standard InChI is InChI=1S/C15H16N2O2/c1-11-4-3-5-13(10-11)17-15(2,14(18)19)12-6-8-16-9-7-12/h3-10,17H,1-2H3,(H,18,19). The van der Waals surface area contributed by atoms with Crippen molar-refractivity contribution in [3.05, 3.63) is 59.9 Å². The first-order chi connectivity index (χ1) is 9.02. The van der Waals surface area contributed by atoms with Gasteiger partial charge in [0.25, 0.3) is 0 Å². The van der Waals surface area contributed by atoms with Crippen LogP contribution in [0.3, 0.4) is 0 Å². The van der Waals surface area contributed by atoms with Crippen LogP contribution in [0.4, 0.5) is 5.69 Å². The van der Waals surface area contributed by atoms with Gasteiger partial charge in [-0.1, -0.05) is 12.1 Å². The van der Waals surface area contributed by atoms with Gasteiger partial charge in [0.05, 0.1) is 0 Å². The van der Waals surface area contributed by atoms with Crippen LogP contribution >= 0.6 is 0 Å². The van der Waals surface area contributed by atoms with E-state index in [4.69, 9.17) is 0 Å². The molecule has 0 bridgehead atoms. The molecule has 0 aliphatic carbocycles. The lowest BCUT2D eigenvalue weighted by atomic mass is 9.92. The Morgan fingerprint density at radius 1 is 1.26 bits per heavy atom. The van der Waals surface area contributed by atoms with E-state index in [9.17, 15) is 9.90 Å². The molecular weight excluding hydrogens is 240 g/mol. The molecule has 0 aliphatic rings. The molecule has 2 rings (SSSR count). The van der Waals surface area contributed by atoms with Crippen LogP contribution in [0.25, 0.3) is 0 Å². The topological polar surface area (TPSA) is 62.2 Å². The normalized spacial score (nSPS) is 13.6. The summed E-state index contributed by atoms with van der Waals surface area (Å²) in [6.45, 7) is 3.61. The highest BCUT2D eigenvalue weighted by Crippen LogP contribution is 2.26. The molecule has 0 saturated carbocycles. The molecule has 1 heterocycles. The molecule has 1 aromatic carbocycles. The van der Waals surface area contributed by atoms with Gasteiger partial charge in [0, 0.05) is 18.1 Å². The number of carboxylic acids is 1. The van der Waals surface area contributed by atoms with Gasteiger partial charge in [-0.15, -0.1) is 0 Å². The van der Waals surface area contributed by atoms with Crippen molar-refractivity contribution in [1.82, 2.24) is 4.98 Å². The van der Waals surface area contributed by atoms with Gasteiger partial charge >= 0.3 is 5.97 Å². The van der Waals surface area contributed by atoms with Crippen molar-refractivity contribution in [3.63, 3.8) is 0 Å². The molecular formula is C15H16N2O2. The Bertz CT molecular complexity index is 584. The van der Waals surface area contributed by atoms with Crippen LogP contribution in [0.15, 0.2) is 48.8 Å². The Morgan fingerprint density at radius 3 is 2.53 bits per heavy atom. The van der Waals surface area contributed by atoms with E-state index in [1.807, 2.05) is 31.2 Å². The highest BCUT2D eigenvalue weighted by atomic mass is 16.4. The van der Waals surface area contributed by atoms with E-state index in [0.717, 1.165) is 11.3 Å². The molecule has 0 amide bonds. The molecule has 0 radical (unpaired) electrons. The van der Waals surface area contributed by atoms with Gasteiger partial charge in [-0.05, 0) is 49.2 Å². The van der Waals surface area contributed by atoms with Gasteiger partial charge in [0.1, 0.15) is 0 Å². The smallest absolute Gasteiger partial charge is 0.333 e. The van der Waals surface area contributed by atoms with Crippen molar-refractivity contribution >= 4 is 11.7 Å². The molecule has 1 atom stereocenters. The van der Waals surface area contributed by atoms with Gasteiger partial charge in [0.15, 0.2) is 5.54 Å². The third-order valence-corrected chi connectivity index (χ3v) is 3.10. The summed E-state index contributed by atoms with van der Waals surface area (Å²) >= 11 is 0.